The number of β-amino-alcohol motifs (C(OH)–C–C–N with tert-alkyl or cyclic N) is 1. The van der Waals surface area contributed by atoms with Gasteiger partial charge in [-0.25, -0.2) is 0 Å². The molecule has 1 aromatic carbocycles. The van der Waals surface area contributed by atoms with Crippen molar-refractivity contribution < 1.29 is 23.0 Å². The lowest BCUT2D eigenvalue weighted by atomic mass is 10.00. The van der Waals surface area contributed by atoms with Crippen LogP contribution in [0.25, 0.3) is 0 Å². The molecule has 2 fully saturated rings. The summed E-state index contributed by atoms with van der Waals surface area (Å²) in [4.78, 5) is 2.18. The van der Waals surface area contributed by atoms with Crippen LogP contribution in [0.1, 0.15) is 24.0 Å². The van der Waals surface area contributed by atoms with E-state index in [9.17, 15) is 18.3 Å². The molecular formula is C17H22F3NO2. The van der Waals surface area contributed by atoms with Crippen molar-refractivity contribution in [3.63, 3.8) is 0 Å². The van der Waals surface area contributed by atoms with Gasteiger partial charge >= 0.3 is 6.18 Å². The predicted molar refractivity (Wildman–Crippen MR) is 80.1 cm³/mol. The van der Waals surface area contributed by atoms with E-state index in [-0.39, 0.29) is 12.0 Å². The lowest BCUT2D eigenvalue weighted by Crippen LogP contribution is -2.49. The van der Waals surface area contributed by atoms with Gasteiger partial charge in [0.1, 0.15) is 0 Å². The van der Waals surface area contributed by atoms with Crippen molar-refractivity contribution in [1.82, 2.24) is 4.90 Å². The molecule has 1 saturated heterocycles. The Morgan fingerprint density at radius 1 is 1.26 bits per heavy atom. The number of aliphatic hydroxyl groups is 1. The third-order valence-electron chi connectivity index (χ3n) is 4.67. The highest BCUT2D eigenvalue weighted by Crippen LogP contribution is 2.37. The van der Waals surface area contributed by atoms with Crippen molar-refractivity contribution >= 4 is 0 Å². The average molecular weight is 329 g/mol. The highest BCUT2D eigenvalue weighted by molar-refractivity contribution is 5.30. The smallest absolute Gasteiger partial charge is 0.391 e. The minimum atomic E-state index is -4.38. The topological polar surface area (TPSA) is 32.7 Å². The van der Waals surface area contributed by atoms with E-state index in [2.05, 4.69) is 4.90 Å². The molecule has 23 heavy (non-hydrogen) atoms. The van der Waals surface area contributed by atoms with Gasteiger partial charge in [0.05, 0.1) is 24.9 Å². The summed E-state index contributed by atoms with van der Waals surface area (Å²) in [6.07, 6.45) is -2.82. The Hall–Kier alpha value is -1.11. The van der Waals surface area contributed by atoms with Crippen LogP contribution in [0.15, 0.2) is 24.3 Å². The highest BCUT2D eigenvalue weighted by Gasteiger charge is 2.38. The van der Waals surface area contributed by atoms with E-state index < -0.39 is 17.8 Å². The minimum Gasteiger partial charge on any atom is -0.391 e. The summed E-state index contributed by atoms with van der Waals surface area (Å²) in [6.45, 7) is 2.42. The van der Waals surface area contributed by atoms with Gasteiger partial charge in [0.25, 0.3) is 0 Å². The van der Waals surface area contributed by atoms with Crippen LogP contribution in [0, 0.1) is 5.92 Å². The normalized spacial score (nSPS) is 24.6. The molecule has 0 radical (unpaired) electrons. The van der Waals surface area contributed by atoms with Crippen LogP contribution < -0.4 is 0 Å². The zero-order chi connectivity index (χ0) is 16.4. The van der Waals surface area contributed by atoms with Crippen LogP contribution in [0.3, 0.4) is 0 Å². The van der Waals surface area contributed by atoms with E-state index in [0.717, 1.165) is 12.6 Å². The number of ether oxygens (including phenoxy) is 1. The molecule has 2 aliphatic rings. The third-order valence-corrected chi connectivity index (χ3v) is 4.67. The van der Waals surface area contributed by atoms with Crippen LogP contribution in [0.2, 0.25) is 0 Å². The Labute approximate surface area is 134 Å². The standard InChI is InChI=1S/C17H22F3NO2/c18-17(19,20)15-4-2-1-3-13(15)9-14(22)10-21-7-8-23-11-16(21)12-5-6-12/h1-4,12,14,16,22H,5-11H2. The fourth-order valence-corrected chi connectivity index (χ4v) is 3.36. The minimum absolute atomic E-state index is 0.0183. The molecule has 1 aromatic rings. The first kappa shape index (κ1) is 16.7. The molecule has 1 heterocycles. The first-order valence-electron chi connectivity index (χ1n) is 8.10. The molecule has 1 saturated carbocycles. The quantitative estimate of drug-likeness (QED) is 0.902. The Morgan fingerprint density at radius 3 is 2.70 bits per heavy atom. The molecule has 1 N–H and O–H groups in total. The van der Waals surface area contributed by atoms with Gasteiger partial charge in [-0.15, -0.1) is 0 Å². The zero-order valence-corrected chi connectivity index (χ0v) is 12.9. The fraction of sp³-hybridized carbons (Fsp3) is 0.647. The molecule has 128 valence electrons. The average Bonchev–Trinajstić information content (AvgIpc) is 3.32. The van der Waals surface area contributed by atoms with Gasteiger partial charge in [-0.2, -0.15) is 13.2 Å². The molecule has 0 bridgehead atoms. The second kappa shape index (κ2) is 6.79. The molecule has 2 atom stereocenters. The summed E-state index contributed by atoms with van der Waals surface area (Å²) < 4.78 is 44.6. The highest BCUT2D eigenvalue weighted by atomic mass is 19.4. The summed E-state index contributed by atoms with van der Waals surface area (Å²) in [7, 11) is 0. The molecule has 0 amide bonds. The van der Waals surface area contributed by atoms with Gasteiger partial charge in [0.15, 0.2) is 0 Å². The van der Waals surface area contributed by atoms with Crippen LogP contribution in [-0.2, 0) is 17.3 Å². The molecular weight excluding hydrogens is 307 g/mol. The van der Waals surface area contributed by atoms with Gasteiger partial charge in [-0.1, -0.05) is 18.2 Å². The van der Waals surface area contributed by atoms with Crippen LogP contribution in [0.5, 0.6) is 0 Å². The van der Waals surface area contributed by atoms with Crippen molar-refractivity contribution in [3.05, 3.63) is 35.4 Å². The van der Waals surface area contributed by atoms with Crippen LogP contribution >= 0.6 is 0 Å². The monoisotopic (exact) mass is 329 g/mol. The molecule has 0 spiro atoms. The molecule has 1 aliphatic heterocycles. The number of nitrogens with zero attached hydrogens (tertiary/aromatic N) is 1. The lowest BCUT2D eigenvalue weighted by molar-refractivity contribution is -0.138. The molecule has 0 aromatic heterocycles. The molecule has 6 heteroatoms. The summed E-state index contributed by atoms with van der Waals surface area (Å²) >= 11 is 0. The van der Waals surface area contributed by atoms with Crippen molar-refractivity contribution in [3.8, 4) is 0 Å². The van der Waals surface area contributed by atoms with Crippen LogP contribution in [-0.4, -0.2) is 48.5 Å². The second-order valence-corrected chi connectivity index (χ2v) is 6.49. The Kier molecular flexibility index (Phi) is 4.94. The van der Waals surface area contributed by atoms with Crippen molar-refractivity contribution in [1.29, 1.82) is 0 Å². The van der Waals surface area contributed by atoms with E-state index in [1.807, 2.05) is 0 Å². The molecule has 1 aliphatic carbocycles. The first-order chi connectivity index (χ1) is 10.9. The maximum absolute atomic E-state index is 13.0. The van der Waals surface area contributed by atoms with Crippen LogP contribution in [0.4, 0.5) is 13.2 Å². The van der Waals surface area contributed by atoms with Gasteiger partial charge in [0.2, 0.25) is 0 Å². The maximum Gasteiger partial charge on any atom is 0.416 e. The third kappa shape index (κ3) is 4.25. The molecule has 3 rings (SSSR count). The summed E-state index contributed by atoms with van der Waals surface area (Å²) in [5.41, 5.74) is -0.497. The van der Waals surface area contributed by atoms with E-state index in [0.29, 0.717) is 31.7 Å². The Balaban J connectivity index is 1.64. The predicted octanol–water partition coefficient (Wildman–Crippen LogP) is 2.72. The number of hydrogen-bond donors (Lipinski definition) is 1. The lowest BCUT2D eigenvalue weighted by Gasteiger charge is -2.37. The number of alkyl halides is 3. The summed E-state index contributed by atoms with van der Waals surface area (Å²) in [6, 6.07) is 5.78. The molecule has 3 nitrogen and oxygen atoms in total. The largest absolute Gasteiger partial charge is 0.416 e. The Bertz CT molecular complexity index is 531. The number of rotatable bonds is 5. The Morgan fingerprint density at radius 2 is 2.00 bits per heavy atom. The summed E-state index contributed by atoms with van der Waals surface area (Å²) in [5.74, 6) is 0.616. The van der Waals surface area contributed by atoms with Gasteiger partial charge < -0.3 is 9.84 Å². The van der Waals surface area contributed by atoms with Gasteiger partial charge in [0, 0.05) is 25.6 Å². The number of hydrogen-bond acceptors (Lipinski definition) is 3. The van der Waals surface area contributed by atoms with Crippen molar-refractivity contribution in [2.24, 2.45) is 5.92 Å². The SMILES string of the molecule is OC(Cc1ccccc1C(F)(F)F)CN1CCOCC1C1CC1. The maximum atomic E-state index is 13.0. The number of benzene rings is 1. The van der Waals surface area contributed by atoms with Crippen molar-refractivity contribution in [2.45, 2.75) is 37.6 Å². The fourth-order valence-electron chi connectivity index (χ4n) is 3.36. The number of morpholine rings is 1. The first-order valence-corrected chi connectivity index (χ1v) is 8.10. The second-order valence-electron chi connectivity index (χ2n) is 6.49. The zero-order valence-electron chi connectivity index (χ0n) is 12.9. The van der Waals surface area contributed by atoms with Gasteiger partial charge in [-0.05, 0) is 30.4 Å². The van der Waals surface area contributed by atoms with Crippen molar-refractivity contribution in [2.75, 3.05) is 26.3 Å². The number of aliphatic hydroxyl groups excluding tert-OH is 1. The van der Waals surface area contributed by atoms with E-state index >= 15 is 0 Å². The van der Waals surface area contributed by atoms with E-state index in [4.69, 9.17) is 4.74 Å². The van der Waals surface area contributed by atoms with E-state index in [1.54, 1.807) is 6.07 Å². The summed E-state index contributed by atoms with van der Waals surface area (Å²) in [5, 5.41) is 10.3. The number of halogens is 3. The van der Waals surface area contributed by atoms with Gasteiger partial charge in [-0.3, -0.25) is 4.90 Å². The van der Waals surface area contributed by atoms with E-state index in [1.165, 1.54) is 25.0 Å². The molecule has 2 unspecified atom stereocenters.